The molecular formula is C26H33N5O2. The molecule has 1 N–H and O–H groups in total. The van der Waals surface area contributed by atoms with E-state index in [9.17, 15) is 10.1 Å². The summed E-state index contributed by atoms with van der Waals surface area (Å²) in [6.45, 7) is 10.3. The van der Waals surface area contributed by atoms with Crippen molar-refractivity contribution in [3.8, 4) is 6.07 Å². The number of nitrogens with zero attached hydrogens (tertiary/aromatic N) is 4. The number of aryl methyl sites for hydroxylation is 1. The average molecular weight is 448 g/mol. The van der Waals surface area contributed by atoms with Crippen LogP contribution < -0.4 is 10.2 Å². The van der Waals surface area contributed by atoms with Crippen LogP contribution in [0.25, 0.3) is 0 Å². The lowest BCUT2D eigenvalue weighted by Crippen LogP contribution is -2.51. The molecule has 0 aliphatic carbocycles. The molecule has 1 aromatic carbocycles. The number of piperazine rings is 1. The Hall–Kier alpha value is -2.95. The first-order valence-electron chi connectivity index (χ1n) is 11.8. The number of carbonyl (C=O) groups excluding carboxylic acids is 1. The lowest BCUT2D eigenvalue weighted by atomic mass is 9.87. The van der Waals surface area contributed by atoms with E-state index in [1.54, 1.807) is 0 Å². The largest absolute Gasteiger partial charge is 0.370 e. The number of nitriles is 1. The summed E-state index contributed by atoms with van der Waals surface area (Å²) >= 11 is 0. The predicted molar refractivity (Wildman–Crippen MR) is 128 cm³/mol. The number of amides is 1. The van der Waals surface area contributed by atoms with Gasteiger partial charge < -0.3 is 19.9 Å². The predicted octanol–water partition coefficient (Wildman–Crippen LogP) is 2.81. The number of ether oxygens (including phenoxy) is 1. The second-order valence-corrected chi connectivity index (χ2v) is 9.36. The van der Waals surface area contributed by atoms with Gasteiger partial charge in [0.1, 0.15) is 11.9 Å². The standard InChI is InChI=1S/C26H33N5O2/c1-4-23-22-18-33-26(2,3)14-20(22)21(15-27)25(29-23)31-12-10-30(11-13-31)24(32)17-28-16-19-8-6-5-7-9-19/h5-9,28H,4,10-14,16-18H2,1-3H3. The molecule has 174 valence electrons. The van der Waals surface area contributed by atoms with Gasteiger partial charge in [-0.3, -0.25) is 4.79 Å². The number of fused-ring (bicyclic) bond motifs is 1. The number of hydrogen-bond donors (Lipinski definition) is 1. The van der Waals surface area contributed by atoms with Crippen LogP contribution in [0.5, 0.6) is 0 Å². The number of benzene rings is 1. The maximum atomic E-state index is 12.7. The second kappa shape index (κ2) is 9.90. The monoisotopic (exact) mass is 447 g/mol. The van der Waals surface area contributed by atoms with E-state index >= 15 is 0 Å². The number of anilines is 1. The molecule has 1 amide bonds. The zero-order chi connectivity index (χ0) is 23.4. The summed E-state index contributed by atoms with van der Waals surface area (Å²) in [4.78, 5) is 21.7. The quantitative estimate of drug-likeness (QED) is 0.733. The number of hydrogen-bond acceptors (Lipinski definition) is 6. The normalized spacial score (nSPS) is 17.4. The van der Waals surface area contributed by atoms with Gasteiger partial charge >= 0.3 is 0 Å². The fourth-order valence-electron chi connectivity index (χ4n) is 4.65. The third-order valence-electron chi connectivity index (χ3n) is 6.52. The SMILES string of the molecule is CCc1nc(N2CCN(C(=O)CNCc3ccccc3)CC2)c(C#N)c2c1COC(C)(C)C2. The smallest absolute Gasteiger partial charge is 0.236 e. The summed E-state index contributed by atoms with van der Waals surface area (Å²) in [7, 11) is 0. The summed E-state index contributed by atoms with van der Waals surface area (Å²) in [5.41, 5.74) is 4.72. The van der Waals surface area contributed by atoms with Gasteiger partial charge in [0.25, 0.3) is 0 Å². The topological polar surface area (TPSA) is 81.5 Å². The molecule has 4 rings (SSSR count). The number of aromatic nitrogens is 1. The van der Waals surface area contributed by atoms with Gasteiger partial charge in [-0.05, 0) is 31.4 Å². The molecule has 1 saturated heterocycles. The van der Waals surface area contributed by atoms with Crippen LogP contribution in [0.15, 0.2) is 30.3 Å². The Labute approximate surface area is 196 Å². The van der Waals surface area contributed by atoms with E-state index in [2.05, 4.69) is 37.1 Å². The number of pyridine rings is 1. The van der Waals surface area contributed by atoms with Gasteiger partial charge in [-0.2, -0.15) is 5.26 Å². The Kier molecular flexibility index (Phi) is 6.96. The molecule has 1 fully saturated rings. The molecule has 0 spiro atoms. The Morgan fingerprint density at radius 1 is 1.18 bits per heavy atom. The van der Waals surface area contributed by atoms with Crippen molar-refractivity contribution in [3.63, 3.8) is 0 Å². The lowest BCUT2D eigenvalue weighted by Gasteiger charge is -2.38. The fraction of sp³-hybridized carbons (Fsp3) is 0.500. The first-order valence-corrected chi connectivity index (χ1v) is 11.8. The van der Waals surface area contributed by atoms with E-state index in [-0.39, 0.29) is 11.5 Å². The Bertz CT molecular complexity index is 1040. The molecule has 2 aliphatic heterocycles. The van der Waals surface area contributed by atoms with Crippen LogP contribution >= 0.6 is 0 Å². The van der Waals surface area contributed by atoms with Crippen LogP contribution in [-0.2, 0) is 35.5 Å². The van der Waals surface area contributed by atoms with Gasteiger partial charge in [0.15, 0.2) is 0 Å². The number of nitrogens with one attached hydrogen (secondary N) is 1. The van der Waals surface area contributed by atoms with Crippen molar-refractivity contribution < 1.29 is 9.53 Å². The van der Waals surface area contributed by atoms with Crippen molar-refractivity contribution in [2.45, 2.75) is 52.4 Å². The average Bonchev–Trinajstić information content (AvgIpc) is 2.83. The molecule has 0 atom stereocenters. The van der Waals surface area contributed by atoms with Gasteiger partial charge in [-0.1, -0.05) is 37.3 Å². The molecule has 2 aromatic rings. The van der Waals surface area contributed by atoms with Crippen LogP contribution in [0.1, 0.15) is 48.7 Å². The van der Waals surface area contributed by atoms with E-state index in [0.29, 0.717) is 57.9 Å². The molecule has 33 heavy (non-hydrogen) atoms. The molecule has 0 bridgehead atoms. The minimum absolute atomic E-state index is 0.109. The van der Waals surface area contributed by atoms with Crippen LogP contribution in [0.4, 0.5) is 5.82 Å². The molecule has 1 aromatic heterocycles. The highest BCUT2D eigenvalue weighted by molar-refractivity contribution is 5.78. The molecule has 0 unspecified atom stereocenters. The van der Waals surface area contributed by atoms with Gasteiger partial charge in [0.2, 0.25) is 5.91 Å². The molecule has 0 saturated carbocycles. The Morgan fingerprint density at radius 3 is 2.58 bits per heavy atom. The van der Waals surface area contributed by atoms with Crippen LogP contribution in [0.3, 0.4) is 0 Å². The third-order valence-corrected chi connectivity index (χ3v) is 6.52. The highest BCUT2D eigenvalue weighted by Crippen LogP contribution is 2.35. The molecular weight excluding hydrogens is 414 g/mol. The zero-order valence-electron chi connectivity index (χ0n) is 19.9. The molecule has 7 nitrogen and oxygen atoms in total. The maximum absolute atomic E-state index is 12.7. The third kappa shape index (κ3) is 5.18. The zero-order valence-corrected chi connectivity index (χ0v) is 19.9. The van der Waals surface area contributed by atoms with Gasteiger partial charge in [0.05, 0.1) is 24.3 Å². The van der Waals surface area contributed by atoms with Gasteiger partial charge in [-0.25, -0.2) is 4.98 Å². The molecule has 2 aliphatic rings. The van der Waals surface area contributed by atoms with E-state index in [1.807, 2.05) is 35.2 Å². The lowest BCUT2D eigenvalue weighted by molar-refractivity contribution is -0.130. The minimum Gasteiger partial charge on any atom is -0.370 e. The molecule has 3 heterocycles. The van der Waals surface area contributed by atoms with Crippen molar-refractivity contribution in [1.82, 2.24) is 15.2 Å². The molecule has 0 radical (unpaired) electrons. The first-order chi connectivity index (χ1) is 15.9. The maximum Gasteiger partial charge on any atom is 0.236 e. The van der Waals surface area contributed by atoms with Crippen LogP contribution in [0, 0.1) is 11.3 Å². The van der Waals surface area contributed by atoms with Crippen molar-refractivity contribution in [3.05, 3.63) is 58.3 Å². The van der Waals surface area contributed by atoms with Crippen molar-refractivity contribution in [2.75, 3.05) is 37.6 Å². The number of carbonyl (C=O) groups is 1. The van der Waals surface area contributed by atoms with Gasteiger partial charge in [0, 0.05) is 50.4 Å². The summed E-state index contributed by atoms with van der Waals surface area (Å²) in [5.74, 6) is 0.873. The second-order valence-electron chi connectivity index (χ2n) is 9.36. The minimum atomic E-state index is -0.292. The van der Waals surface area contributed by atoms with E-state index in [1.165, 1.54) is 0 Å². The number of rotatable bonds is 6. The fourth-order valence-corrected chi connectivity index (χ4v) is 4.65. The van der Waals surface area contributed by atoms with Gasteiger partial charge in [-0.15, -0.1) is 0 Å². The van der Waals surface area contributed by atoms with Crippen LogP contribution in [-0.4, -0.2) is 54.1 Å². The van der Waals surface area contributed by atoms with Crippen molar-refractivity contribution in [1.29, 1.82) is 5.26 Å². The summed E-state index contributed by atoms with van der Waals surface area (Å²) in [6, 6.07) is 12.5. The Morgan fingerprint density at radius 2 is 1.91 bits per heavy atom. The van der Waals surface area contributed by atoms with E-state index in [0.717, 1.165) is 34.6 Å². The summed E-state index contributed by atoms with van der Waals surface area (Å²) in [6.07, 6.45) is 1.51. The highest BCUT2D eigenvalue weighted by atomic mass is 16.5. The van der Waals surface area contributed by atoms with Crippen molar-refractivity contribution >= 4 is 11.7 Å². The highest BCUT2D eigenvalue weighted by Gasteiger charge is 2.33. The van der Waals surface area contributed by atoms with E-state index in [4.69, 9.17) is 9.72 Å². The Balaban J connectivity index is 1.42. The summed E-state index contributed by atoms with van der Waals surface area (Å²) < 4.78 is 6.01. The molecule has 7 heteroatoms. The summed E-state index contributed by atoms with van der Waals surface area (Å²) in [5, 5.41) is 13.3. The van der Waals surface area contributed by atoms with Crippen molar-refractivity contribution in [2.24, 2.45) is 0 Å². The first kappa shape index (κ1) is 23.2. The van der Waals surface area contributed by atoms with Crippen LogP contribution in [0.2, 0.25) is 0 Å². The van der Waals surface area contributed by atoms with E-state index < -0.39 is 0 Å².